The number of hydrogen-bond donors (Lipinski definition) is 2. The van der Waals surface area contributed by atoms with Gasteiger partial charge in [0.1, 0.15) is 5.75 Å². The van der Waals surface area contributed by atoms with Crippen molar-refractivity contribution in [3.8, 4) is 5.75 Å². The molecular formula is C18H14O4. The van der Waals surface area contributed by atoms with Crippen LogP contribution in [-0.2, 0) is 18.4 Å². The largest absolute Gasteiger partial charge is 0.508 e. The molecular weight excluding hydrogens is 280 g/mol. The molecule has 0 aromatic heterocycles. The molecule has 110 valence electrons. The standard InChI is InChI=1S/C18H14O4/c19-15-9-11-5-3-4-10(11)8-14(15)18(22)16(20)12-6-1-2-7-13(12)17(18)21/h1-2,6-9,19,22H,3-5H2. The number of rotatable bonds is 1. The second kappa shape index (κ2) is 4.27. The van der Waals surface area contributed by atoms with E-state index in [0.29, 0.717) is 0 Å². The molecule has 2 N–H and O–H groups in total. The minimum absolute atomic E-state index is 0.000602. The highest BCUT2D eigenvalue weighted by Crippen LogP contribution is 2.43. The third kappa shape index (κ3) is 1.50. The average molecular weight is 294 g/mol. The number of phenolic OH excluding ortho intramolecular Hbond substituents is 1. The van der Waals surface area contributed by atoms with E-state index in [-0.39, 0.29) is 22.4 Å². The zero-order valence-electron chi connectivity index (χ0n) is 11.8. The molecule has 22 heavy (non-hydrogen) atoms. The van der Waals surface area contributed by atoms with Gasteiger partial charge < -0.3 is 10.2 Å². The molecule has 0 saturated heterocycles. The predicted octanol–water partition coefficient (Wildman–Crippen LogP) is 2.15. The van der Waals surface area contributed by atoms with E-state index in [4.69, 9.17) is 0 Å². The fourth-order valence-corrected chi connectivity index (χ4v) is 3.52. The van der Waals surface area contributed by atoms with Crippen molar-refractivity contribution in [1.29, 1.82) is 0 Å². The molecule has 0 atom stereocenters. The summed E-state index contributed by atoms with van der Waals surface area (Å²) < 4.78 is 0. The van der Waals surface area contributed by atoms with Crippen molar-refractivity contribution >= 4 is 11.6 Å². The van der Waals surface area contributed by atoms with Crippen LogP contribution in [-0.4, -0.2) is 21.8 Å². The normalized spacial score (nSPS) is 18.4. The molecule has 0 aliphatic heterocycles. The van der Waals surface area contributed by atoms with Crippen molar-refractivity contribution in [1.82, 2.24) is 0 Å². The number of aromatic hydroxyl groups is 1. The van der Waals surface area contributed by atoms with Gasteiger partial charge in [0, 0.05) is 16.7 Å². The van der Waals surface area contributed by atoms with Gasteiger partial charge in [-0.1, -0.05) is 24.3 Å². The second-order valence-corrected chi connectivity index (χ2v) is 5.91. The Bertz CT molecular complexity index is 800. The summed E-state index contributed by atoms with van der Waals surface area (Å²) in [6, 6.07) is 9.53. The molecule has 0 unspecified atom stereocenters. The Hall–Kier alpha value is -2.46. The molecule has 0 fully saturated rings. The maximum Gasteiger partial charge on any atom is 0.220 e. The molecule has 4 heteroatoms. The Morgan fingerprint density at radius 3 is 2.05 bits per heavy atom. The number of hydrogen-bond acceptors (Lipinski definition) is 4. The molecule has 2 aliphatic rings. The third-order valence-corrected chi connectivity index (χ3v) is 4.67. The van der Waals surface area contributed by atoms with Crippen LogP contribution in [0.2, 0.25) is 0 Å². The number of benzene rings is 2. The van der Waals surface area contributed by atoms with Gasteiger partial charge in [0.25, 0.3) is 0 Å². The number of carbonyl (C=O) groups is 2. The van der Waals surface area contributed by atoms with Crippen LogP contribution in [0.5, 0.6) is 5.75 Å². The molecule has 0 bridgehead atoms. The Labute approximate surface area is 127 Å². The lowest BCUT2D eigenvalue weighted by Crippen LogP contribution is -2.38. The highest BCUT2D eigenvalue weighted by Gasteiger charge is 2.54. The zero-order valence-corrected chi connectivity index (χ0v) is 11.8. The molecule has 2 aromatic carbocycles. The Balaban J connectivity index is 1.94. The van der Waals surface area contributed by atoms with E-state index in [1.54, 1.807) is 24.3 Å². The summed E-state index contributed by atoms with van der Waals surface area (Å²) in [5, 5.41) is 21.1. The maximum absolute atomic E-state index is 12.6. The lowest BCUT2D eigenvalue weighted by Gasteiger charge is -2.21. The molecule has 2 aliphatic carbocycles. The molecule has 0 heterocycles. The van der Waals surface area contributed by atoms with Crippen LogP contribution >= 0.6 is 0 Å². The average Bonchev–Trinajstić information content (AvgIpc) is 3.05. The van der Waals surface area contributed by atoms with Gasteiger partial charge in [0.15, 0.2) is 0 Å². The van der Waals surface area contributed by atoms with Crippen molar-refractivity contribution in [3.63, 3.8) is 0 Å². The molecule has 4 nitrogen and oxygen atoms in total. The van der Waals surface area contributed by atoms with Gasteiger partial charge in [0.2, 0.25) is 17.2 Å². The minimum atomic E-state index is -2.31. The fourth-order valence-electron chi connectivity index (χ4n) is 3.52. The molecule has 2 aromatic rings. The lowest BCUT2D eigenvalue weighted by atomic mass is 9.86. The van der Waals surface area contributed by atoms with Gasteiger partial charge in [-0.2, -0.15) is 0 Å². The highest BCUT2D eigenvalue weighted by atomic mass is 16.3. The van der Waals surface area contributed by atoms with Gasteiger partial charge in [-0.05, 0) is 42.5 Å². The van der Waals surface area contributed by atoms with Crippen LogP contribution in [0.25, 0.3) is 0 Å². The van der Waals surface area contributed by atoms with Crippen LogP contribution in [0.15, 0.2) is 36.4 Å². The first-order chi connectivity index (χ1) is 10.5. The van der Waals surface area contributed by atoms with E-state index < -0.39 is 17.2 Å². The Kier molecular flexibility index (Phi) is 2.57. The number of phenols is 1. The van der Waals surface area contributed by atoms with Gasteiger partial charge in [0.05, 0.1) is 0 Å². The van der Waals surface area contributed by atoms with Crippen LogP contribution in [0.4, 0.5) is 0 Å². The SMILES string of the molecule is O=C1c2ccccc2C(=O)C1(O)c1cc2c(cc1O)CCC2. The van der Waals surface area contributed by atoms with E-state index in [1.807, 2.05) is 0 Å². The summed E-state index contributed by atoms with van der Waals surface area (Å²) in [6.07, 6.45) is 2.66. The third-order valence-electron chi connectivity index (χ3n) is 4.67. The number of fused-ring (bicyclic) bond motifs is 2. The summed E-state index contributed by atoms with van der Waals surface area (Å²) in [5.74, 6) is -1.53. The number of ketones is 2. The number of carbonyl (C=O) groups excluding carboxylic acids is 2. The summed E-state index contributed by atoms with van der Waals surface area (Å²) in [7, 11) is 0. The van der Waals surface area contributed by atoms with Crippen molar-refractivity contribution < 1.29 is 19.8 Å². The lowest BCUT2D eigenvalue weighted by molar-refractivity contribution is 0.0312. The molecule has 0 spiro atoms. The number of aryl methyl sites for hydroxylation is 2. The molecule has 0 amide bonds. The highest BCUT2D eigenvalue weighted by molar-refractivity contribution is 6.32. The monoisotopic (exact) mass is 294 g/mol. The topological polar surface area (TPSA) is 74.6 Å². The van der Waals surface area contributed by atoms with Crippen molar-refractivity contribution in [3.05, 3.63) is 64.2 Å². The van der Waals surface area contributed by atoms with Crippen molar-refractivity contribution in [2.24, 2.45) is 0 Å². The van der Waals surface area contributed by atoms with Crippen LogP contribution in [0.3, 0.4) is 0 Å². The fraction of sp³-hybridized carbons (Fsp3) is 0.222. The second-order valence-electron chi connectivity index (χ2n) is 5.91. The first-order valence-electron chi connectivity index (χ1n) is 7.29. The Morgan fingerprint density at radius 1 is 0.909 bits per heavy atom. The molecule has 0 radical (unpaired) electrons. The van der Waals surface area contributed by atoms with Gasteiger partial charge in [-0.15, -0.1) is 0 Å². The molecule has 0 saturated carbocycles. The van der Waals surface area contributed by atoms with E-state index in [2.05, 4.69) is 0 Å². The predicted molar refractivity (Wildman–Crippen MR) is 79.1 cm³/mol. The zero-order chi connectivity index (χ0) is 15.5. The first kappa shape index (κ1) is 13.2. The minimum Gasteiger partial charge on any atom is -0.508 e. The van der Waals surface area contributed by atoms with Gasteiger partial charge in [-0.3, -0.25) is 9.59 Å². The van der Waals surface area contributed by atoms with E-state index in [9.17, 15) is 19.8 Å². The van der Waals surface area contributed by atoms with E-state index >= 15 is 0 Å². The summed E-state index contributed by atoms with van der Waals surface area (Å²) in [6.45, 7) is 0. The number of Topliss-reactive ketones (excluding diaryl/α,β-unsaturated/α-hetero) is 2. The van der Waals surface area contributed by atoms with Crippen LogP contribution in [0.1, 0.15) is 43.8 Å². The van der Waals surface area contributed by atoms with Gasteiger partial charge >= 0.3 is 0 Å². The van der Waals surface area contributed by atoms with Crippen LogP contribution in [0, 0.1) is 0 Å². The van der Waals surface area contributed by atoms with E-state index in [1.165, 1.54) is 12.1 Å². The van der Waals surface area contributed by atoms with Crippen LogP contribution < -0.4 is 0 Å². The summed E-state index contributed by atoms with van der Waals surface area (Å²) >= 11 is 0. The summed E-state index contributed by atoms with van der Waals surface area (Å²) in [4.78, 5) is 25.2. The van der Waals surface area contributed by atoms with Crippen molar-refractivity contribution in [2.45, 2.75) is 24.9 Å². The molecule has 4 rings (SSSR count). The number of aliphatic hydroxyl groups is 1. The quantitative estimate of drug-likeness (QED) is 0.790. The van der Waals surface area contributed by atoms with Gasteiger partial charge in [-0.25, -0.2) is 0 Å². The maximum atomic E-state index is 12.6. The smallest absolute Gasteiger partial charge is 0.220 e. The van der Waals surface area contributed by atoms with Crippen molar-refractivity contribution in [2.75, 3.05) is 0 Å². The Morgan fingerprint density at radius 2 is 1.45 bits per heavy atom. The first-order valence-corrected chi connectivity index (χ1v) is 7.29. The summed E-state index contributed by atoms with van der Waals surface area (Å²) in [5.41, 5.74) is 0.0907. The van der Waals surface area contributed by atoms with E-state index in [0.717, 1.165) is 30.4 Å².